The largest absolute Gasteiger partial charge is 0.456 e. The Balaban J connectivity index is 1.80. The summed E-state index contributed by atoms with van der Waals surface area (Å²) in [5, 5.41) is 2.40. The highest BCUT2D eigenvalue weighted by molar-refractivity contribution is 7.11. The van der Waals surface area contributed by atoms with Crippen LogP contribution in [0.3, 0.4) is 0 Å². The first-order valence-corrected chi connectivity index (χ1v) is 7.57. The highest BCUT2D eigenvalue weighted by Crippen LogP contribution is 2.30. The molecule has 0 amide bonds. The van der Waals surface area contributed by atoms with E-state index in [4.69, 9.17) is 4.42 Å². The van der Waals surface area contributed by atoms with Gasteiger partial charge in [0.25, 0.3) is 0 Å². The summed E-state index contributed by atoms with van der Waals surface area (Å²) in [5.41, 5.74) is 3.25. The van der Waals surface area contributed by atoms with Gasteiger partial charge in [-0.15, -0.1) is 11.3 Å². The van der Waals surface area contributed by atoms with Crippen molar-refractivity contribution in [2.75, 3.05) is 0 Å². The van der Waals surface area contributed by atoms with Crippen LogP contribution in [0.4, 0.5) is 0 Å². The maximum absolute atomic E-state index is 5.94. The third kappa shape index (κ3) is 1.93. The summed E-state index contributed by atoms with van der Waals surface area (Å²) in [6, 6.07) is 19.2. The summed E-state index contributed by atoms with van der Waals surface area (Å²) in [5.74, 6) is 0. The lowest BCUT2D eigenvalue weighted by atomic mass is 10.1. The van der Waals surface area contributed by atoms with Crippen LogP contribution in [0.25, 0.3) is 21.9 Å². The van der Waals surface area contributed by atoms with E-state index >= 15 is 0 Å². The molecular formula is C18H14OS. The summed E-state index contributed by atoms with van der Waals surface area (Å²) in [6.07, 6.45) is 0.978. The Bertz CT molecular complexity index is 898. The monoisotopic (exact) mass is 278 g/mol. The molecule has 0 saturated carbocycles. The average Bonchev–Trinajstić information content (AvgIpc) is 3.01. The number of hydrogen-bond donors (Lipinski definition) is 0. The van der Waals surface area contributed by atoms with E-state index in [-0.39, 0.29) is 0 Å². The predicted octanol–water partition coefficient (Wildman–Crippen LogP) is 5.55. The molecule has 2 aromatic carbocycles. The van der Waals surface area contributed by atoms with E-state index in [1.165, 1.54) is 26.1 Å². The van der Waals surface area contributed by atoms with Crippen LogP contribution < -0.4 is 0 Å². The summed E-state index contributed by atoms with van der Waals surface area (Å²) in [7, 11) is 0. The Hall–Kier alpha value is -2.06. The number of benzene rings is 2. The number of aryl methyl sites for hydroxylation is 1. The molecule has 2 heterocycles. The number of hydrogen-bond acceptors (Lipinski definition) is 2. The third-order valence-electron chi connectivity index (χ3n) is 3.62. The molecule has 2 heteroatoms. The molecule has 20 heavy (non-hydrogen) atoms. The molecule has 0 fully saturated rings. The van der Waals surface area contributed by atoms with E-state index in [1.54, 1.807) is 0 Å². The standard InChI is InChI=1S/C18H14OS/c1-12-6-8-14(20-12)10-13-7-9-16-15-4-2-3-5-17(15)19-18(16)11-13/h2-9,11H,10H2,1H3. The number of fused-ring (bicyclic) bond motifs is 3. The Labute approximate surface area is 121 Å². The van der Waals surface area contributed by atoms with Gasteiger partial charge >= 0.3 is 0 Å². The fraction of sp³-hybridized carbons (Fsp3) is 0.111. The highest BCUT2D eigenvalue weighted by Gasteiger charge is 2.07. The van der Waals surface area contributed by atoms with E-state index < -0.39 is 0 Å². The second-order valence-corrected chi connectivity index (χ2v) is 6.49. The molecule has 0 unspecified atom stereocenters. The lowest BCUT2D eigenvalue weighted by Crippen LogP contribution is -1.83. The van der Waals surface area contributed by atoms with Crippen LogP contribution in [0.15, 0.2) is 59.0 Å². The SMILES string of the molecule is Cc1ccc(Cc2ccc3c(c2)oc2ccccc23)s1. The second kappa shape index (κ2) is 4.50. The quantitative estimate of drug-likeness (QED) is 0.469. The van der Waals surface area contributed by atoms with Crippen molar-refractivity contribution in [1.82, 2.24) is 0 Å². The van der Waals surface area contributed by atoms with E-state index in [9.17, 15) is 0 Å². The zero-order valence-electron chi connectivity index (χ0n) is 11.2. The fourth-order valence-electron chi connectivity index (χ4n) is 2.66. The minimum absolute atomic E-state index is 0.964. The maximum atomic E-state index is 5.94. The van der Waals surface area contributed by atoms with Crippen LogP contribution in [0.2, 0.25) is 0 Å². The van der Waals surface area contributed by atoms with Gasteiger partial charge in [0.05, 0.1) is 0 Å². The van der Waals surface area contributed by atoms with E-state index in [2.05, 4.69) is 49.4 Å². The van der Waals surface area contributed by atoms with Crippen LogP contribution in [0.1, 0.15) is 15.3 Å². The van der Waals surface area contributed by atoms with Crippen molar-refractivity contribution >= 4 is 33.3 Å². The molecule has 0 saturated heterocycles. The zero-order chi connectivity index (χ0) is 13.5. The van der Waals surface area contributed by atoms with Gasteiger partial charge in [0.1, 0.15) is 11.2 Å². The van der Waals surface area contributed by atoms with Crippen LogP contribution in [0.5, 0.6) is 0 Å². The second-order valence-electron chi connectivity index (χ2n) is 5.12. The topological polar surface area (TPSA) is 13.1 Å². The molecule has 0 spiro atoms. The molecule has 0 N–H and O–H groups in total. The Morgan fingerprint density at radius 1 is 0.900 bits per heavy atom. The molecular weight excluding hydrogens is 264 g/mol. The van der Waals surface area contributed by atoms with E-state index in [0.29, 0.717) is 0 Å². The molecule has 0 atom stereocenters. The van der Waals surface area contributed by atoms with Gasteiger partial charge in [-0.3, -0.25) is 0 Å². The van der Waals surface area contributed by atoms with E-state index in [0.717, 1.165) is 17.6 Å². The normalized spacial score (nSPS) is 11.4. The molecule has 4 rings (SSSR count). The smallest absolute Gasteiger partial charge is 0.135 e. The third-order valence-corrected chi connectivity index (χ3v) is 4.62. The van der Waals surface area contributed by atoms with Crippen LogP contribution in [-0.4, -0.2) is 0 Å². The lowest BCUT2D eigenvalue weighted by molar-refractivity contribution is 0.668. The molecule has 2 aromatic heterocycles. The van der Waals surface area contributed by atoms with Crippen molar-refractivity contribution in [1.29, 1.82) is 0 Å². The summed E-state index contributed by atoms with van der Waals surface area (Å²) >= 11 is 1.86. The molecule has 0 aliphatic rings. The zero-order valence-corrected chi connectivity index (χ0v) is 12.0. The summed E-state index contributed by atoms with van der Waals surface area (Å²) < 4.78 is 5.94. The maximum Gasteiger partial charge on any atom is 0.135 e. The lowest BCUT2D eigenvalue weighted by Gasteiger charge is -1.98. The number of furan rings is 1. The highest BCUT2D eigenvalue weighted by atomic mass is 32.1. The van der Waals surface area contributed by atoms with Gasteiger partial charge < -0.3 is 4.42 Å². The van der Waals surface area contributed by atoms with Crippen LogP contribution in [-0.2, 0) is 6.42 Å². The molecule has 4 aromatic rings. The molecule has 0 aliphatic carbocycles. The van der Waals surface area contributed by atoms with Crippen molar-refractivity contribution in [3.05, 3.63) is 69.9 Å². The van der Waals surface area contributed by atoms with Crippen molar-refractivity contribution in [3.63, 3.8) is 0 Å². The first-order chi connectivity index (χ1) is 9.79. The number of rotatable bonds is 2. The molecule has 0 aliphatic heterocycles. The van der Waals surface area contributed by atoms with Gasteiger partial charge in [0.15, 0.2) is 0 Å². The molecule has 0 bridgehead atoms. The summed E-state index contributed by atoms with van der Waals surface area (Å²) in [6.45, 7) is 2.15. The predicted molar refractivity (Wildman–Crippen MR) is 85.6 cm³/mol. The van der Waals surface area contributed by atoms with Crippen LogP contribution >= 0.6 is 11.3 Å². The van der Waals surface area contributed by atoms with Gasteiger partial charge in [-0.2, -0.15) is 0 Å². The average molecular weight is 278 g/mol. The molecule has 0 radical (unpaired) electrons. The van der Waals surface area contributed by atoms with Gasteiger partial charge in [-0.25, -0.2) is 0 Å². The Kier molecular flexibility index (Phi) is 2.64. The minimum Gasteiger partial charge on any atom is -0.456 e. The van der Waals surface area contributed by atoms with Gasteiger partial charge in [0.2, 0.25) is 0 Å². The Morgan fingerprint density at radius 3 is 2.60 bits per heavy atom. The van der Waals surface area contributed by atoms with Gasteiger partial charge in [0, 0.05) is 26.9 Å². The van der Waals surface area contributed by atoms with Crippen molar-refractivity contribution in [3.8, 4) is 0 Å². The van der Waals surface area contributed by atoms with Crippen molar-refractivity contribution in [2.24, 2.45) is 0 Å². The van der Waals surface area contributed by atoms with Crippen molar-refractivity contribution in [2.45, 2.75) is 13.3 Å². The van der Waals surface area contributed by atoms with Crippen LogP contribution in [0, 0.1) is 6.92 Å². The van der Waals surface area contributed by atoms with Crippen molar-refractivity contribution < 1.29 is 4.42 Å². The number of para-hydroxylation sites is 1. The first-order valence-electron chi connectivity index (χ1n) is 6.75. The summed E-state index contributed by atoms with van der Waals surface area (Å²) in [4.78, 5) is 2.77. The first kappa shape index (κ1) is 11.7. The fourth-order valence-corrected chi connectivity index (χ4v) is 3.59. The number of thiophene rings is 1. The minimum atomic E-state index is 0.964. The molecule has 1 nitrogen and oxygen atoms in total. The Morgan fingerprint density at radius 2 is 1.75 bits per heavy atom. The molecule has 98 valence electrons. The van der Waals surface area contributed by atoms with Gasteiger partial charge in [-0.05, 0) is 36.8 Å². The van der Waals surface area contributed by atoms with E-state index in [1.807, 2.05) is 23.5 Å². The van der Waals surface area contributed by atoms with Gasteiger partial charge in [-0.1, -0.05) is 30.3 Å².